The lowest BCUT2D eigenvalue weighted by Gasteiger charge is -2.20. The third kappa shape index (κ3) is 4.30. The summed E-state index contributed by atoms with van der Waals surface area (Å²) >= 11 is 0. The molecule has 0 heterocycles. The molecule has 0 saturated heterocycles. The van der Waals surface area contributed by atoms with Crippen molar-refractivity contribution in [3.05, 3.63) is 29.3 Å². The average molecular weight is 243 g/mol. The zero-order chi connectivity index (χ0) is 13.1. The molecule has 2 nitrogen and oxygen atoms in total. The Labute approximate surface area is 101 Å². The van der Waals surface area contributed by atoms with Gasteiger partial charge in [0, 0.05) is 6.54 Å². The van der Waals surface area contributed by atoms with Gasteiger partial charge in [0.25, 0.3) is 0 Å². The minimum Gasteiger partial charge on any atom is -0.378 e. The number of nitrogens with one attached hydrogen (secondary N) is 1. The number of hydrogen-bond acceptors (Lipinski definition) is 2. The number of hydrogen-bond donors (Lipinski definition) is 1. The number of rotatable bonds is 4. The van der Waals surface area contributed by atoms with Crippen LogP contribution in [-0.4, -0.2) is 18.8 Å². The molecule has 0 unspecified atom stereocenters. The third-order valence-electron chi connectivity index (χ3n) is 2.22. The summed E-state index contributed by atoms with van der Waals surface area (Å²) in [7, 11) is 0. The molecule has 0 aliphatic heterocycles. The maximum Gasteiger partial charge on any atom is 0.152 e. The minimum absolute atomic E-state index is 0.0810. The molecule has 0 aliphatic carbocycles. The fraction of sp³-hybridized carbons (Fsp3) is 0.538. The summed E-state index contributed by atoms with van der Waals surface area (Å²) < 4.78 is 32.4. The van der Waals surface area contributed by atoms with Crippen LogP contribution in [0.15, 0.2) is 12.1 Å². The van der Waals surface area contributed by atoms with Crippen LogP contribution in [0.2, 0.25) is 0 Å². The second-order valence-corrected chi connectivity index (χ2v) is 4.94. The van der Waals surface area contributed by atoms with Gasteiger partial charge in [-0.25, -0.2) is 8.78 Å². The lowest BCUT2D eigenvalue weighted by Crippen LogP contribution is -2.23. The fourth-order valence-electron chi connectivity index (χ4n) is 1.35. The Morgan fingerprint density at radius 2 is 1.88 bits per heavy atom. The highest BCUT2D eigenvalue weighted by atomic mass is 19.1. The van der Waals surface area contributed by atoms with E-state index >= 15 is 0 Å². The molecule has 0 amide bonds. The van der Waals surface area contributed by atoms with Crippen LogP contribution >= 0.6 is 0 Å². The molecule has 1 aromatic rings. The zero-order valence-electron chi connectivity index (χ0n) is 10.7. The Hall–Kier alpha value is -1.16. The summed E-state index contributed by atoms with van der Waals surface area (Å²) in [6, 6.07) is 2.67. The summed E-state index contributed by atoms with van der Waals surface area (Å²) in [4.78, 5) is 0. The molecular weight excluding hydrogens is 224 g/mol. The van der Waals surface area contributed by atoms with Gasteiger partial charge in [-0.2, -0.15) is 0 Å². The van der Waals surface area contributed by atoms with Crippen LogP contribution < -0.4 is 5.32 Å². The predicted molar refractivity (Wildman–Crippen MR) is 65.3 cm³/mol. The summed E-state index contributed by atoms with van der Waals surface area (Å²) in [5.41, 5.74) is 0.0962. The lowest BCUT2D eigenvalue weighted by molar-refractivity contribution is 0.00330. The van der Waals surface area contributed by atoms with Gasteiger partial charge in [0.1, 0.15) is 11.5 Å². The number of ether oxygens (including phenoxy) is 1. The van der Waals surface area contributed by atoms with Crippen LogP contribution in [0, 0.1) is 18.6 Å². The largest absolute Gasteiger partial charge is 0.378 e. The highest BCUT2D eigenvalue weighted by Crippen LogP contribution is 2.21. The molecule has 0 fully saturated rings. The van der Waals surface area contributed by atoms with Crippen molar-refractivity contribution in [2.45, 2.75) is 33.3 Å². The number of anilines is 1. The van der Waals surface area contributed by atoms with E-state index in [0.29, 0.717) is 18.7 Å². The van der Waals surface area contributed by atoms with Crippen LogP contribution in [0.3, 0.4) is 0 Å². The van der Waals surface area contributed by atoms with Crippen molar-refractivity contribution in [3.63, 3.8) is 0 Å². The van der Waals surface area contributed by atoms with Gasteiger partial charge in [-0.3, -0.25) is 0 Å². The second kappa shape index (κ2) is 5.45. The molecule has 0 radical (unpaired) electrons. The molecule has 4 heteroatoms. The Bertz CT molecular complexity index is 386. The van der Waals surface area contributed by atoms with E-state index in [1.54, 1.807) is 6.92 Å². The molecule has 0 saturated carbocycles. The monoisotopic (exact) mass is 243 g/mol. The van der Waals surface area contributed by atoms with E-state index in [9.17, 15) is 8.78 Å². The van der Waals surface area contributed by atoms with Crippen molar-refractivity contribution in [3.8, 4) is 0 Å². The van der Waals surface area contributed by atoms with E-state index in [1.165, 1.54) is 12.1 Å². The van der Waals surface area contributed by atoms with Crippen molar-refractivity contribution in [2.75, 3.05) is 18.5 Å². The summed E-state index contributed by atoms with van der Waals surface area (Å²) in [6.45, 7) is 8.17. The van der Waals surface area contributed by atoms with Crippen LogP contribution in [0.25, 0.3) is 0 Å². The summed E-state index contributed by atoms with van der Waals surface area (Å²) in [6.07, 6.45) is 0. The molecule has 1 N–H and O–H groups in total. The summed E-state index contributed by atoms with van der Waals surface area (Å²) in [5.74, 6) is -1.12. The molecule has 96 valence electrons. The Kier molecular flexibility index (Phi) is 4.46. The van der Waals surface area contributed by atoms with Gasteiger partial charge < -0.3 is 10.1 Å². The summed E-state index contributed by atoms with van der Waals surface area (Å²) in [5, 5.41) is 2.72. The molecule has 0 spiro atoms. The normalized spacial score (nSPS) is 11.6. The van der Waals surface area contributed by atoms with Gasteiger partial charge in [-0.15, -0.1) is 0 Å². The molecule has 0 atom stereocenters. The molecule has 0 bridgehead atoms. The van der Waals surface area contributed by atoms with Crippen molar-refractivity contribution in [1.82, 2.24) is 0 Å². The average Bonchev–Trinajstić information content (AvgIpc) is 2.21. The van der Waals surface area contributed by atoms with E-state index in [0.717, 1.165) is 0 Å². The smallest absolute Gasteiger partial charge is 0.152 e. The highest BCUT2D eigenvalue weighted by Gasteiger charge is 2.12. The van der Waals surface area contributed by atoms with Crippen molar-refractivity contribution in [1.29, 1.82) is 0 Å². The van der Waals surface area contributed by atoms with Gasteiger partial charge in [-0.05, 0) is 39.3 Å². The van der Waals surface area contributed by atoms with E-state index in [-0.39, 0.29) is 11.3 Å². The molecule has 1 rings (SSSR count). The first-order chi connectivity index (χ1) is 7.81. The lowest BCUT2D eigenvalue weighted by atomic mass is 10.2. The van der Waals surface area contributed by atoms with Gasteiger partial charge in [0.05, 0.1) is 12.2 Å². The van der Waals surface area contributed by atoms with E-state index in [2.05, 4.69) is 5.32 Å². The van der Waals surface area contributed by atoms with E-state index in [1.807, 2.05) is 20.8 Å². The first-order valence-electron chi connectivity index (χ1n) is 5.64. The van der Waals surface area contributed by atoms with Gasteiger partial charge >= 0.3 is 0 Å². The first kappa shape index (κ1) is 13.9. The van der Waals surface area contributed by atoms with Crippen LogP contribution in [0.1, 0.15) is 26.3 Å². The Morgan fingerprint density at radius 1 is 1.24 bits per heavy atom. The van der Waals surface area contributed by atoms with E-state index < -0.39 is 11.6 Å². The Morgan fingerprint density at radius 3 is 2.47 bits per heavy atom. The second-order valence-electron chi connectivity index (χ2n) is 4.94. The van der Waals surface area contributed by atoms with E-state index in [4.69, 9.17) is 4.74 Å². The highest BCUT2D eigenvalue weighted by molar-refractivity contribution is 5.48. The van der Waals surface area contributed by atoms with Gasteiger partial charge in [-0.1, -0.05) is 6.07 Å². The standard InChI is InChI=1S/C13H19F2NO/c1-9-5-6-10(14)12(11(9)15)16-7-8-17-13(2,3)4/h5-6,16H,7-8H2,1-4H3. The maximum absolute atomic E-state index is 13.6. The quantitative estimate of drug-likeness (QED) is 0.817. The molecule has 17 heavy (non-hydrogen) atoms. The maximum atomic E-state index is 13.6. The topological polar surface area (TPSA) is 21.3 Å². The fourth-order valence-corrected chi connectivity index (χ4v) is 1.35. The molecule has 0 aromatic heterocycles. The Balaban J connectivity index is 2.55. The first-order valence-corrected chi connectivity index (χ1v) is 5.64. The van der Waals surface area contributed by atoms with Crippen LogP contribution in [0.5, 0.6) is 0 Å². The van der Waals surface area contributed by atoms with Crippen molar-refractivity contribution >= 4 is 5.69 Å². The molecule has 1 aromatic carbocycles. The van der Waals surface area contributed by atoms with Crippen molar-refractivity contribution in [2.24, 2.45) is 0 Å². The predicted octanol–water partition coefficient (Wildman–Crippen LogP) is 3.50. The number of aryl methyl sites for hydroxylation is 1. The van der Waals surface area contributed by atoms with Crippen LogP contribution in [-0.2, 0) is 4.74 Å². The van der Waals surface area contributed by atoms with Gasteiger partial charge in [0.15, 0.2) is 5.82 Å². The molecule has 0 aliphatic rings. The number of benzene rings is 1. The number of halogens is 2. The SMILES string of the molecule is Cc1ccc(F)c(NCCOC(C)(C)C)c1F. The molecular formula is C13H19F2NO. The minimum atomic E-state index is -0.580. The van der Waals surface area contributed by atoms with Crippen molar-refractivity contribution < 1.29 is 13.5 Å². The zero-order valence-corrected chi connectivity index (χ0v) is 10.7. The van der Waals surface area contributed by atoms with Gasteiger partial charge in [0.2, 0.25) is 0 Å². The van der Waals surface area contributed by atoms with Crippen LogP contribution in [0.4, 0.5) is 14.5 Å². The third-order valence-corrected chi connectivity index (χ3v) is 2.22.